The number of nitrogens with zero attached hydrogens (tertiary/aromatic N) is 1. The standard InChI is InChI=1S/C25H36N4O5/c1-24(2,3)16-34-23(32)28-20(29-11-5-4-6-12-29)21(30)26-17-7-8-18-19(15-17)27-22(31)25(18)9-13-33-14-10-25/h7-8,15,20H,4-6,9-14,16H2,1-3H3,(H,26,30)(H,27,31)(H,28,32)/t20-/m0/s1. The van der Waals surface area contributed by atoms with Gasteiger partial charge < -0.3 is 20.1 Å². The number of likely N-dealkylation sites (tertiary alicyclic amines) is 1. The van der Waals surface area contributed by atoms with E-state index in [-0.39, 0.29) is 23.8 Å². The van der Waals surface area contributed by atoms with Crippen LogP contribution in [0, 0.1) is 5.41 Å². The second kappa shape index (κ2) is 9.92. The average molecular weight is 473 g/mol. The fraction of sp³-hybridized carbons (Fsp3) is 0.640. The van der Waals surface area contributed by atoms with Crippen molar-refractivity contribution in [1.82, 2.24) is 10.2 Å². The summed E-state index contributed by atoms with van der Waals surface area (Å²) in [5, 5.41) is 8.66. The second-order valence-corrected chi connectivity index (χ2v) is 10.7. The first-order valence-corrected chi connectivity index (χ1v) is 12.2. The zero-order chi connectivity index (χ0) is 24.3. The van der Waals surface area contributed by atoms with Crippen molar-refractivity contribution in [1.29, 1.82) is 0 Å². The molecule has 9 nitrogen and oxygen atoms in total. The minimum atomic E-state index is -0.836. The van der Waals surface area contributed by atoms with Crippen LogP contribution in [0.4, 0.5) is 16.2 Å². The lowest BCUT2D eigenvalue weighted by Crippen LogP contribution is -2.56. The van der Waals surface area contributed by atoms with Crippen molar-refractivity contribution in [3.8, 4) is 0 Å². The Hall–Kier alpha value is -2.65. The third-order valence-electron chi connectivity index (χ3n) is 6.73. The van der Waals surface area contributed by atoms with Crippen LogP contribution in [-0.2, 0) is 24.5 Å². The summed E-state index contributed by atoms with van der Waals surface area (Å²) in [5.41, 5.74) is 1.52. The Labute approximate surface area is 200 Å². The number of anilines is 2. The molecule has 1 aromatic rings. The molecule has 9 heteroatoms. The molecule has 186 valence electrons. The summed E-state index contributed by atoms with van der Waals surface area (Å²) in [6.07, 6.45) is 2.90. The van der Waals surface area contributed by atoms with Crippen LogP contribution in [0.1, 0.15) is 58.4 Å². The molecule has 0 aliphatic carbocycles. The van der Waals surface area contributed by atoms with Gasteiger partial charge in [-0.25, -0.2) is 4.79 Å². The molecular formula is C25H36N4O5. The van der Waals surface area contributed by atoms with Crippen LogP contribution in [0.2, 0.25) is 0 Å². The van der Waals surface area contributed by atoms with Crippen molar-refractivity contribution < 1.29 is 23.9 Å². The van der Waals surface area contributed by atoms with E-state index in [1.54, 1.807) is 6.07 Å². The zero-order valence-electron chi connectivity index (χ0n) is 20.4. The molecule has 1 spiro atoms. The van der Waals surface area contributed by atoms with Crippen molar-refractivity contribution in [3.05, 3.63) is 23.8 Å². The number of amides is 3. The van der Waals surface area contributed by atoms with Gasteiger partial charge in [0.05, 0.1) is 12.0 Å². The van der Waals surface area contributed by atoms with Gasteiger partial charge in [-0.1, -0.05) is 33.3 Å². The van der Waals surface area contributed by atoms with Gasteiger partial charge in [0.25, 0.3) is 5.91 Å². The van der Waals surface area contributed by atoms with Crippen LogP contribution in [0.25, 0.3) is 0 Å². The lowest BCUT2D eigenvalue weighted by molar-refractivity contribution is -0.124. The molecule has 3 amide bonds. The molecule has 0 radical (unpaired) electrons. The number of rotatable bonds is 5. The monoisotopic (exact) mass is 472 g/mol. The molecule has 3 aliphatic rings. The van der Waals surface area contributed by atoms with Crippen molar-refractivity contribution in [3.63, 3.8) is 0 Å². The maximum atomic E-state index is 13.3. The predicted molar refractivity (Wildman–Crippen MR) is 129 cm³/mol. The van der Waals surface area contributed by atoms with E-state index in [1.165, 1.54) is 0 Å². The Kier molecular flexibility index (Phi) is 7.14. The molecule has 3 N–H and O–H groups in total. The normalized spacial score (nSPS) is 20.9. The summed E-state index contributed by atoms with van der Waals surface area (Å²) in [6, 6.07) is 5.52. The highest BCUT2D eigenvalue weighted by Gasteiger charge is 2.47. The van der Waals surface area contributed by atoms with Gasteiger partial charge in [0.15, 0.2) is 6.17 Å². The van der Waals surface area contributed by atoms with Gasteiger partial charge in [0.2, 0.25) is 5.91 Å². The molecule has 2 saturated heterocycles. The lowest BCUT2D eigenvalue weighted by Gasteiger charge is -2.34. The van der Waals surface area contributed by atoms with E-state index in [9.17, 15) is 14.4 Å². The van der Waals surface area contributed by atoms with Gasteiger partial charge in [0, 0.05) is 37.7 Å². The van der Waals surface area contributed by atoms with Crippen LogP contribution in [0.15, 0.2) is 18.2 Å². The number of carbonyl (C=O) groups is 3. The second-order valence-electron chi connectivity index (χ2n) is 10.7. The number of hydrogen-bond donors (Lipinski definition) is 3. The molecule has 3 aliphatic heterocycles. The molecule has 0 saturated carbocycles. The topological polar surface area (TPSA) is 109 Å². The van der Waals surface area contributed by atoms with E-state index >= 15 is 0 Å². The number of benzene rings is 1. The average Bonchev–Trinajstić information content (AvgIpc) is 3.06. The summed E-state index contributed by atoms with van der Waals surface area (Å²) >= 11 is 0. The molecule has 4 rings (SSSR count). The minimum absolute atomic E-state index is 0.0104. The third-order valence-corrected chi connectivity index (χ3v) is 6.73. The Morgan fingerprint density at radius 3 is 2.56 bits per heavy atom. The number of alkyl carbamates (subject to hydrolysis) is 1. The van der Waals surface area contributed by atoms with Gasteiger partial charge in [-0.3, -0.25) is 19.8 Å². The Morgan fingerprint density at radius 2 is 1.88 bits per heavy atom. The Bertz CT molecular complexity index is 930. The first kappa shape index (κ1) is 24.5. The smallest absolute Gasteiger partial charge is 0.408 e. The van der Waals surface area contributed by atoms with E-state index in [0.29, 0.717) is 31.7 Å². The molecule has 1 atom stereocenters. The van der Waals surface area contributed by atoms with E-state index in [4.69, 9.17) is 9.47 Å². The van der Waals surface area contributed by atoms with Crippen molar-refractivity contribution >= 4 is 29.3 Å². The van der Waals surface area contributed by atoms with Gasteiger partial charge >= 0.3 is 6.09 Å². The van der Waals surface area contributed by atoms with Gasteiger partial charge in [0.1, 0.15) is 0 Å². The number of fused-ring (bicyclic) bond motifs is 2. The van der Waals surface area contributed by atoms with Crippen LogP contribution >= 0.6 is 0 Å². The summed E-state index contributed by atoms with van der Waals surface area (Å²) < 4.78 is 10.8. The lowest BCUT2D eigenvalue weighted by atomic mass is 9.75. The number of piperidine rings is 1. The molecular weight excluding hydrogens is 436 g/mol. The first-order chi connectivity index (χ1) is 16.2. The number of nitrogens with one attached hydrogen (secondary N) is 3. The number of hydrogen-bond acceptors (Lipinski definition) is 6. The fourth-order valence-corrected chi connectivity index (χ4v) is 4.87. The third kappa shape index (κ3) is 5.36. The molecule has 0 bridgehead atoms. The fourth-order valence-electron chi connectivity index (χ4n) is 4.87. The van der Waals surface area contributed by atoms with E-state index in [2.05, 4.69) is 16.0 Å². The van der Waals surface area contributed by atoms with Gasteiger partial charge in [-0.2, -0.15) is 0 Å². The maximum absolute atomic E-state index is 13.3. The van der Waals surface area contributed by atoms with Crippen molar-refractivity contribution in [2.45, 2.75) is 64.5 Å². The molecule has 0 aromatic heterocycles. The molecule has 0 unspecified atom stereocenters. The predicted octanol–water partition coefficient (Wildman–Crippen LogP) is 3.21. The summed E-state index contributed by atoms with van der Waals surface area (Å²) in [4.78, 5) is 40.5. The van der Waals surface area contributed by atoms with E-state index in [0.717, 1.165) is 43.6 Å². The number of ether oxygens (including phenoxy) is 2. The Morgan fingerprint density at radius 1 is 1.18 bits per heavy atom. The van der Waals surface area contributed by atoms with Crippen molar-refractivity contribution in [2.24, 2.45) is 5.41 Å². The molecule has 34 heavy (non-hydrogen) atoms. The Balaban J connectivity index is 1.47. The first-order valence-electron chi connectivity index (χ1n) is 12.2. The maximum Gasteiger partial charge on any atom is 0.408 e. The van der Waals surface area contributed by atoms with E-state index < -0.39 is 17.7 Å². The van der Waals surface area contributed by atoms with Crippen LogP contribution in [0.3, 0.4) is 0 Å². The summed E-state index contributed by atoms with van der Waals surface area (Å²) in [6.45, 7) is 8.75. The highest BCUT2D eigenvalue weighted by atomic mass is 16.5. The van der Waals surface area contributed by atoms with Crippen LogP contribution < -0.4 is 16.0 Å². The highest BCUT2D eigenvalue weighted by Crippen LogP contribution is 2.45. The molecule has 3 heterocycles. The SMILES string of the molecule is CC(C)(C)COC(=O)N[C@H](C(=O)Nc1ccc2c(c1)NC(=O)C21CCOCC1)N1CCCCC1. The number of carbonyl (C=O) groups excluding carboxylic acids is 3. The van der Waals surface area contributed by atoms with Crippen LogP contribution in [0.5, 0.6) is 0 Å². The molecule has 1 aromatic carbocycles. The molecule has 2 fully saturated rings. The quantitative estimate of drug-likeness (QED) is 0.607. The largest absolute Gasteiger partial charge is 0.449 e. The van der Waals surface area contributed by atoms with Gasteiger partial charge in [-0.05, 0) is 48.8 Å². The van der Waals surface area contributed by atoms with E-state index in [1.807, 2.05) is 37.8 Å². The minimum Gasteiger partial charge on any atom is -0.449 e. The highest BCUT2D eigenvalue weighted by molar-refractivity contribution is 6.07. The zero-order valence-corrected chi connectivity index (χ0v) is 20.4. The van der Waals surface area contributed by atoms with Gasteiger partial charge in [-0.15, -0.1) is 0 Å². The van der Waals surface area contributed by atoms with Crippen LogP contribution in [-0.4, -0.2) is 61.9 Å². The summed E-state index contributed by atoms with van der Waals surface area (Å²) in [5.74, 6) is -0.344. The summed E-state index contributed by atoms with van der Waals surface area (Å²) in [7, 11) is 0. The van der Waals surface area contributed by atoms with Crippen molar-refractivity contribution in [2.75, 3.05) is 43.5 Å².